The molecule has 1 heterocycles. The molecule has 0 aromatic carbocycles. The minimum Gasteiger partial charge on any atom is -0.396 e. The number of pyridine rings is 1. The van der Waals surface area contributed by atoms with Gasteiger partial charge in [-0.2, -0.15) is 0 Å². The van der Waals surface area contributed by atoms with Crippen LogP contribution in [0.25, 0.3) is 0 Å². The Hall–Kier alpha value is -1.13. The van der Waals surface area contributed by atoms with Gasteiger partial charge in [0.05, 0.1) is 0 Å². The van der Waals surface area contributed by atoms with Crippen LogP contribution < -0.4 is 11.3 Å². The summed E-state index contributed by atoms with van der Waals surface area (Å²) < 4.78 is 0. The van der Waals surface area contributed by atoms with E-state index in [9.17, 15) is 4.79 Å². The molecule has 4 heteroatoms. The number of hydrogen-bond acceptors (Lipinski definition) is 3. The molecular weight excluding hydrogens is 168 g/mol. The lowest BCUT2D eigenvalue weighted by atomic mass is 10.1. The molecule has 0 saturated heterocycles. The lowest BCUT2D eigenvalue weighted by Crippen LogP contribution is -2.16. The summed E-state index contributed by atoms with van der Waals surface area (Å²) in [6.45, 7) is 1.79. The maximum Gasteiger partial charge on any atom is 0.250 e. The van der Waals surface area contributed by atoms with Crippen molar-refractivity contribution in [1.29, 1.82) is 0 Å². The minimum atomic E-state index is -0.208. The highest BCUT2D eigenvalue weighted by Gasteiger charge is 2.05. The van der Waals surface area contributed by atoms with Crippen LogP contribution in [0.1, 0.15) is 23.6 Å². The Morgan fingerprint density at radius 1 is 1.69 bits per heavy atom. The predicted octanol–water partition coefficient (Wildman–Crippen LogP) is 0.0655. The summed E-state index contributed by atoms with van der Waals surface area (Å²) in [6, 6.07) is 1.54. The first-order valence-electron chi connectivity index (χ1n) is 4.21. The van der Waals surface area contributed by atoms with Crippen molar-refractivity contribution >= 4 is 0 Å². The van der Waals surface area contributed by atoms with Gasteiger partial charge in [0.2, 0.25) is 0 Å². The topological polar surface area (TPSA) is 79.1 Å². The average molecular weight is 182 g/mol. The molecule has 72 valence electrons. The van der Waals surface area contributed by atoms with E-state index in [1.165, 1.54) is 0 Å². The fourth-order valence-corrected chi connectivity index (χ4v) is 1.14. The second-order valence-corrected chi connectivity index (χ2v) is 3.06. The molecule has 0 spiro atoms. The van der Waals surface area contributed by atoms with Crippen molar-refractivity contribution in [3.8, 4) is 0 Å². The van der Waals surface area contributed by atoms with Gasteiger partial charge in [0.15, 0.2) is 0 Å². The summed E-state index contributed by atoms with van der Waals surface area (Å²) >= 11 is 0. The Balaban J connectivity index is 2.90. The van der Waals surface area contributed by atoms with E-state index in [1.54, 1.807) is 19.2 Å². The van der Waals surface area contributed by atoms with Gasteiger partial charge in [-0.3, -0.25) is 4.79 Å². The number of aryl methyl sites for hydroxylation is 1. The Bertz CT molecular complexity index is 333. The lowest BCUT2D eigenvalue weighted by Gasteiger charge is -2.09. The fourth-order valence-electron chi connectivity index (χ4n) is 1.14. The number of H-pyrrole nitrogens is 1. The number of nitrogens with one attached hydrogen (secondary N) is 1. The molecule has 0 fully saturated rings. The zero-order valence-electron chi connectivity index (χ0n) is 7.58. The summed E-state index contributed by atoms with van der Waals surface area (Å²) in [7, 11) is 0. The van der Waals surface area contributed by atoms with E-state index < -0.39 is 0 Å². The van der Waals surface area contributed by atoms with Crippen LogP contribution in [0, 0.1) is 6.92 Å². The Morgan fingerprint density at radius 2 is 2.38 bits per heavy atom. The largest absolute Gasteiger partial charge is 0.396 e. The van der Waals surface area contributed by atoms with E-state index >= 15 is 0 Å². The van der Waals surface area contributed by atoms with Crippen molar-refractivity contribution in [2.45, 2.75) is 19.4 Å². The minimum absolute atomic E-state index is 0.0549. The smallest absolute Gasteiger partial charge is 0.250 e. The molecule has 1 aromatic heterocycles. The molecule has 4 N–H and O–H groups in total. The number of nitrogens with two attached hydrogens (primary N) is 1. The molecule has 13 heavy (non-hydrogen) atoms. The molecule has 0 amide bonds. The van der Waals surface area contributed by atoms with Crippen LogP contribution in [0.15, 0.2) is 17.1 Å². The highest BCUT2D eigenvalue weighted by molar-refractivity contribution is 5.19. The molecule has 1 rings (SSSR count). The Labute approximate surface area is 76.4 Å². The van der Waals surface area contributed by atoms with Crippen LogP contribution in [0.2, 0.25) is 0 Å². The van der Waals surface area contributed by atoms with Gasteiger partial charge >= 0.3 is 0 Å². The van der Waals surface area contributed by atoms with Crippen molar-refractivity contribution < 1.29 is 5.11 Å². The number of aromatic amines is 1. The highest BCUT2D eigenvalue weighted by Crippen LogP contribution is 2.11. The number of aliphatic hydroxyl groups is 1. The number of rotatable bonds is 3. The van der Waals surface area contributed by atoms with Crippen LogP contribution in [-0.4, -0.2) is 16.7 Å². The van der Waals surface area contributed by atoms with Crippen molar-refractivity contribution in [3.05, 3.63) is 33.7 Å². The summed E-state index contributed by atoms with van der Waals surface area (Å²) in [5.41, 5.74) is 7.14. The molecule has 0 radical (unpaired) electrons. The van der Waals surface area contributed by atoms with Crippen LogP contribution in [0.3, 0.4) is 0 Å². The third-order valence-electron chi connectivity index (χ3n) is 1.98. The van der Waals surface area contributed by atoms with Crippen molar-refractivity contribution in [3.63, 3.8) is 0 Å². The van der Waals surface area contributed by atoms with Crippen molar-refractivity contribution in [2.75, 3.05) is 6.61 Å². The molecule has 0 saturated carbocycles. The van der Waals surface area contributed by atoms with E-state index in [4.69, 9.17) is 10.8 Å². The van der Waals surface area contributed by atoms with Gasteiger partial charge in [0, 0.05) is 24.4 Å². The first kappa shape index (κ1) is 9.95. The molecule has 1 unspecified atom stereocenters. The van der Waals surface area contributed by atoms with Gasteiger partial charge in [-0.05, 0) is 25.0 Å². The molecule has 4 nitrogen and oxygen atoms in total. The van der Waals surface area contributed by atoms with Crippen LogP contribution in [0.4, 0.5) is 0 Å². The van der Waals surface area contributed by atoms with Gasteiger partial charge in [-0.1, -0.05) is 0 Å². The van der Waals surface area contributed by atoms with Gasteiger partial charge in [-0.15, -0.1) is 0 Å². The molecule has 1 atom stereocenters. The van der Waals surface area contributed by atoms with Gasteiger partial charge < -0.3 is 15.8 Å². The maximum absolute atomic E-state index is 11.0. The van der Waals surface area contributed by atoms with Gasteiger partial charge in [0.1, 0.15) is 0 Å². The van der Waals surface area contributed by atoms with Gasteiger partial charge in [0.25, 0.3) is 5.56 Å². The number of aliphatic hydroxyl groups excluding tert-OH is 1. The fraction of sp³-hybridized carbons (Fsp3) is 0.444. The van der Waals surface area contributed by atoms with Gasteiger partial charge in [-0.25, -0.2) is 0 Å². The van der Waals surface area contributed by atoms with E-state index in [-0.39, 0.29) is 18.2 Å². The van der Waals surface area contributed by atoms with E-state index in [0.29, 0.717) is 12.0 Å². The quantitative estimate of drug-likeness (QED) is 0.618. The monoisotopic (exact) mass is 182 g/mol. The number of hydrogen-bond donors (Lipinski definition) is 3. The normalized spacial score (nSPS) is 12.8. The first-order valence-corrected chi connectivity index (χ1v) is 4.21. The zero-order valence-corrected chi connectivity index (χ0v) is 7.58. The second kappa shape index (κ2) is 4.20. The third-order valence-corrected chi connectivity index (χ3v) is 1.98. The molecule has 0 bridgehead atoms. The summed E-state index contributed by atoms with van der Waals surface area (Å²) in [6.07, 6.45) is 2.10. The molecule has 0 aliphatic carbocycles. The van der Waals surface area contributed by atoms with E-state index in [1.807, 2.05) is 0 Å². The second-order valence-electron chi connectivity index (χ2n) is 3.06. The molecule has 0 aliphatic heterocycles. The number of aromatic nitrogens is 1. The van der Waals surface area contributed by atoms with Crippen molar-refractivity contribution in [2.24, 2.45) is 5.73 Å². The molecule has 0 aliphatic rings. The summed E-state index contributed by atoms with van der Waals surface area (Å²) in [4.78, 5) is 13.6. The standard InChI is InChI=1S/C9H14N2O2/c1-6-4-7(5-11-9(6)13)8(10)2-3-12/h4-5,8,12H,2-3,10H2,1H3,(H,11,13). The Morgan fingerprint density at radius 3 is 2.92 bits per heavy atom. The lowest BCUT2D eigenvalue weighted by molar-refractivity contribution is 0.276. The van der Waals surface area contributed by atoms with Crippen LogP contribution >= 0.6 is 0 Å². The van der Waals surface area contributed by atoms with E-state index in [2.05, 4.69) is 4.98 Å². The first-order chi connectivity index (χ1) is 6.15. The average Bonchev–Trinajstić information content (AvgIpc) is 2.10. The summed E-state index contributed by atoms with van der Waals surface area (Å²) in [5.74, 6) is 0. The summed E-state index contributed by atoms with van der Waals surface area (Å²) in [5, 5.41) is 8.67. The maximum atomic E-state index is 11.0. The van der Waals surface area contributed by atoms with Crippen molar-refractivity contribution in [1.82, 2.24) is 4.98 Å². The highest BCUT2D eigenvalue weighted by atomic mass is 16.3. The molecular formula is C9H14N2O2. The molecule has 1 aromatic rings. The Kier molecular flexibility index (Phi) is 3.22. The van der Waals surface area contributed by atoms with Crippen LogP contribution in [-0.2, 0) is 0 Å². The third kappa shape index (κ3) is 2.40. The van der Waals surface area contributed by atoms with E-state index in [0.717, 1.165) is 5.56 Å². The SMILES string of the molecule is Cc1cc(C(N)CCO)c[nH]c1=O. The predicted molar refractivity (Wildman–Crippen MR) is 50.4 cm³/mol. The zero-order chi connectivity index (χ0) is 9.84. The van der Waals surface area contributed by atoms with Crippen LogP contribution in [0.5, 0.6) is 0 Å².